The summed E-state index contributed by atoms with van der Waals surface area (Å²) in [4.78, 5) is 32.1. The summed E-state index contributed by atoms with van der Waals surface area (Å²) in [5.74, 6) is -0.316. The van der Waals surface area contributed by atoms with Crippen molar-refractivity contribution in [3.05, 3.63) is 95.3 Å². The van der Waals surface area contributed by atoms with Crippen molar-refractivity contribution >= 4 is 17.4 Å². The summed E-state index contributed by atoms with van der Waals surface area (Å²) in [5.41, 5.74) is 2.00. The second-order valence-corrected chi connectivity index (χ2v) is 8.93. The van der Waals surface area contributed by atoms with Gasteiger partial charge in [-0.1, -0.05) is 44.5 Å². The number of carbonyl (C=O) groups excluding carboxylic acids is 2. The molecule has 1 aliphatic heterocycles. The summed E-state index contributed by atoms with van der Waals surface area (Å²) in [7, 11) is 0. The highest BCUT2D eigenvalue weighted by atomic mass is 16.5. The number of pyridine rings is 1. The highest BCUT2D eigenvalue weighted by Gasteiger charge is 2.46. The molecular formula is C30H32N2O5. The van der Waals surface area contributed by atoms with Crippen molar-refractivity contribution in [2.75, 3.05) is 13.2 Å². The van der Waals surface area contributed by atoms with E-state index in [0.717, 1.165) is 24.8 Å². The predicted molar refractivity (Wildman–Crippen MR) is 141 cm³/mol. The van der Waals surface area contributed by atoms with Crippen LogP contribution in [0.3, 0.4) is 0 Å². The number of unbranched alkanes of at least 4 members (excludes halogenated alkanes) is 1. The first kappa shape index (κ1) is 25.9. The van der Waals surface area contributed by atoms with Crippen LogP contribution in [0.4, 0.5) is 0 Å². The maximum Gasteiger partial charge on any atom is 0.295 e. The minimum atomic E-state index is -0.766. The molecule has 0 aliphatic carbocycles. The van der Waals surface area contributed by atoms with E-state index in [9.17, 15) is 14.7 Å². The summed E-state index contributed by atoms with van der Waals surface area (Å²) < 4.78 is 11.5. The van der Waals surface area contributed by atoms with Gasteiger partial charge in [-0.15, -0.1) is 0 Å². The van der Waals surface area contributed by atoms with Crippen LogP contribution in [0.2, 0.25) is 0 Å². The van der Waals surface area contributed by atoms with Gasteiger partial charge in [0.25, 0.3) is 11.7 Å². The van der Waals surface area contributed by atoms with Crippen molar-refractivity contribution in [3.8, 4) is 11.5 Å². The van der Waals surface area contributed by atoms with E-state index in [1.165, 1.54) is 4.90 Å². The second-order valence-electron chi connectivity index (χ2n) is 8.93. The second kappa shape index (κ2) is 12.2. The number of likely N-dealkylation sites (tertiary alicyclic amines) is 1. The average Bonchev–Trinajstić information content (AvgIpc) is 3.17. The molecule has 0 spiro atoms. The maximum atomic E-state index is 13.3. The number of aliphatic hydroxyl groups excluding tert-OH is 1. The highest BCUT2D eigenvalue weighted by molar-refractivity contribution is 6.46. The van der Waals surface area contributed by atoms with Crippen molar-refractivity contribution in [3.63, 3.8) is 0 Å². The number of benzene rings is 2. The molecular weight excluding hydrogens is 468 g/mol. The summed E-state index contributed by atoms with van der Waals surface area (Å²) >= 11 is 0. The number of ether oxygens (including phenoxy) is 2. The van der Waals surface area contributed by atoms with Crippen LogP contribution >= 0.6 is 0 Å². The van der Waals surface area contributed by atoms with Crippen molar-refractivity contribution in [2.45, 2.75) is 45.7 Å². The molecule has 1 atom stereocenters. The lowest BCUT2D eigenvalue weighted by molar-refractivity contribution is -0.140. The average molecular weight is 501 g/mol. The number of aromatic nitrogens is 1. The maximum absolute atomic E-state index is 13.3. The monoisotopic (exact) mass is 500 g/mol. The number of carbonyl (C=O) groups is 2. The lowest BCUT2D eigenvalue weighted by Crippen LogP contribution is -2.29. The Morgan fingerprint density at radius 1 is 0.919 bits per heavy atom. The summed E-state index contributed by atoms with van der Waals surface area (Å²) in [6.45, 7) is 5.46. The summed E-state index contributed by atoms with van der Waals surface area (Å²) in [6, 6.07) is 17.1. The van der Waals surface area contributed by atoms with Gasteiger partial charge >= 0.3 is 0 Å². The fourth-order valence-electron chi connectivity index (χ4n) is 4.26. The minimum absolute atomic E-state index is 0.0481. The highest BCUT2D eigenvalue weighted by Crippen LogP contribution is 2.41. The molecule has 1 amide bonds. The van der Waals surface area contributed by atoms with Crippen LogP contribution in [0, 0.1) is 0 Å². The molecule has 0 saturated carbocycles. The molecule has 1 aliphatic rings. The molecule has 192 valence electrons. The predicted octanol–water partition coefficient (Wildman–Crippen LogP) is 5.67. The van der Waals surface area contributed by atoms with Gasteiger partial charge < -0.3 is 19.5 Å². The van der Waals surface area contributed by atoms with Crippen molar-refractivity contribution < 1.29 is 24.2 Å². The molecule has 0 radical (unpaired) electrons. The Kier molecular flexibility index (Phi) is 8.56. The van der Waals surface area contributed by atoms with Crippen LogP contribution in [0.25, 0.3) is 5.76 Å². The zero-order valence-electron chi connectivity index (χ0n) is 21.2. The topological polar surface area (TPSA) is 89.0 Å². The van der Waals surface area contributed by atoms with Crippen molar-refractivity contribution in [1.29, 1.82) is 0 Å². The summed E-state index contributed by atoms with van der Waals surface area (Å²) in [5, 5.41) is 11.4. The largest absolute Gasteiger partial charge is 0.507 e. The number of hydrogen-bond donors (Lipinski definition) is 1. The molecule has 37 heavy (non-hydrogen) atoms. The number of ketones is 1. The number of Topliss-reactive ketones (excluding diaryl/α,β-unsaturated/α-hetero) is 1. The SMILES string of the molecule is CCCCOc1cccc(/C(O)=C2\C(=O)C(=O)N(Cc3ccncc3)C2c2ccc(OCCC)cc2)c1. The third-order valence-corrected chi connectivity index (χ3v) is 6.19. The Bertz CT molecular complexity index is 1250. The minimum Gasteiger partial charge on any atom is -0.507 e. The molecule has 3 aromatic rings. The molecule has 4 rings (SSSR count). The number of hydrogen-bond acceptors (Lipinski definition) is 6. The Labute approximate surface area is 217 Å². The molecule has 7 nitrogen and oxygen atoms in total. The van der Waals surface area contributed by atoms with Gasteiger partial charge in [0.1, 0.15) is 17.3 Å². The molecule has 1 saturated heterocycles. The first-order chi connectivity index (χ1) is 18.0. The van der Waals surface area contributed by atoms with Gasteiger partial charge in [0, 0.05) is 24.5 Å². The van der Waals surface area contributed by atoms with Crippen LogP contribution in [0.1, 0.15) is 55.8 Å². The van der Waals surface area contributed by atoms with Gasteiger partial charge in [-0.05, 0) is 60.4 Å². The fourth-order valence-corrected chi connectivity index (χ4v) is 4.26. The molecule has 1 N–H and O–H groups in total. The number of rotatable bonds is 11. The number of nitrogens with zero attached hydrogens (tertiary/aromatic N) is 2. The third kappa shape index (κ3) is 6.00. The molecule has 1 aromatic heterocycles. The molecule has 0 bridgehead atoms. The number of aliphatic hydroxyl groups is 1. The first-order valence-corrected chi connectivity index (χ1v) is 12.7. The van der Waals surface area contributed by atoms with Gasteiger partial charge in [-0.3, -0.25) is 14.6 Å². The van der Waals surface area contributed by atoms with Crippen molar-refractivity contribution in [1.82, 2.24) is 9.88 Å². The van der Waals surface area contributed by atoms with Crippen LogP contribution in [-0.4, -0.2) is 39.9 Å². The van der Waals surface area contributed by atoms with E-state index in [2.05, 4.69) is 11.9 Å². The van der Waals surface area contributed by atoms with E-state index in [1.807, 2.05) is 31.2 Å². The third-order valence-electron chi connectivity index (χ3n) is 6.19. The standard InChI is InChI=1S/C30H32N2O5/c1-3-5-18-37-25-8-6-7-23(19-25)28(33)26-27(22-9-11-24(12-10-22)36-17-4-2)32(30(35)29(26)34)20-21-13-15-31-16-14-21/h6-16,19,27,33H,3-5,17-18,20H2,1-2H3/b28-26+. The lowest BCUT2D eigenvalue weighted by atomic mass is 9.95. The van der Waals surface area contributed by atoms with E-state index in [0.29, 0.717) is 35.8 Å². The van der Waals surface area contributed by atoms with E-state index >= 15 is 0 Å². The van der Waals surface area contributed by atoms with Crippen LogP contribution in [0.15, 0.2) is 78.6 Å². The molecule has 7 heteroatoms. The lowest BCUT2D eigenvalue weighted by Gasteiger charge is -2.25. The van der Waals surface area contributed by atoms with Gasteiger partial charge in [0.05, 0.1) is 24.8 Å². The normalized spacial score (nSPS) is 16.7. The van der Waals surface area contributed by atoms with Gasteiger partial charge in [0.2, 0.25) is 0 Å². The first-order valence-electron chi connectivity index (χ1n) is 12.7. The molecule has 2 aromatic carbocycles. The van der Waals surface area contributed by atoms with Gasteiger partial charge in [-0.2, -0.15) is 0 Å². The quantitative estimate of drug-likeness (QED) is 0.158. The summed E-state index contributed by atoms with van der Waals surface area (Å²) in [6.07, 6.45) is 6.09. The van der Waals surface area contributed by atoms with Gasteiger partial charge in [-0.25, -0.2) is 0 Å². The van der Waals surface area contributed by atoms with E-state index in [4.69, 9.17) is 9.47 Å². The van der Waals surface area contributed by atoms with E-state index < -0.39 is 17.7 Å². The Morgan fingerprint density at radius 2 is 1.65 bits per heavy atom. The Balaban J connectivity index is 1.75. The van der Waals surface area contributed by atoms with Crippen LogP contribution in [0.5, 0.6) is 11.5 Å². The fraction of sp³-hybridized carbons (Fsp3) is 0.300. The molecule has 1 unspecified atom stereocenters. The Morgan fingerprint density at radius 3 is 2.35 bits per heavy atom. The molecule has 1 fully saturated rings. The van der Waals surface area contributed by atoms with Crippen LogP contribution < -0.4 is 9.47 Å². The number of amides is 1. The molecule has 2 heterocycles. The smallest absolute Gasteiger partial charge is 0.295 e. The van der Waals surface area contributed by atoms with Crippen LogP contribution in [-0.2, 0) is 16.1 Å². The zero-order chi connectivity index (χ0) is 26.2. The zero-order valence-corrected chi connectivity index (χ0v) is 21.2. The van der Waals surface area contributed by atoms with Crippen molar-refractivity contribution in [2.24, 2.45) is 0 Å². The van der Waals surface area contributed by atoms with E-state index in [-0.39, 0.29) is 17.9 Å². The Hall–Kier alpha value is -4.13. The van der Waals surface area contributed by atoms with E-state index in [1.54, 1.807) is 48.8 Å². The van der Waals surface area contributed by atoms with Gasteiger partial charge in [0.15, 0.2) is 0 Å².